The average molecular weight is 469 g/mol. The van der Waals surface area contributed by atoms with E-state index in [9.17, 15) is 4.79 Å². The number of esters is 1. The third kappa shape index (κ3) is 5.94. The highest BCUT2D eigenvalue weighted by molar-refractivity contribution is 8.94. The molecule has 0 saturated carbocycles. The highest BCUT2D eigenvalue weighted by Gasteiger charge is 2.30. The van der Waals surface area contributed by atoms with Gasteiger partial charge in [-0.3, -0.25) is 4.79 Å². The van der Waals surface area contributed by atoms with Crippen molar-refractivity contribution in [1.82, 2.24) is 0 Å². The van der Waals surface area contributed by atoms with E-state index in [2.05, 4.69) is 68.5 Å². The minimum atomic E-state index is -0.800. The van der Waals surface area contributed by atoms with Crippen molar-refractivity contribution < 1.29 is 9.53 Å². The average Bonchev–Trinajstić information content (AvgIpc) is 2.82. The van der Waals surface area contributed by atoms with Gasteiger partial charge >= 0.3 is 5.97 Å². The van der Waals surface area contributed by atoms with Gasteiger partial charge in [-0.05, 0) is 78.3 Å². The van der Waals surface area contributed by atoms with E-state index in [-0.39, 0.29) is 5.97 Å². The van der Waals surface area contributed by atoms with Gasteiger partial charge in [0.2, 0.25) is 0 Å². The van der Waals surface area contributed by atoms with Crippen LogP contribution in [-0.2, 0) is 17.6 Å². The minimum Gasteiger partial charge on any atom is -0.426 e. The molecule has 0 fully saturated rings. The first-order chi connectivity index (χ1) is 15.5. The second kappa shape index (κ2) is 11.9. The Kier molecular flexibility index (Phi) is 9.20. The van der Waals surface area contributed by atoms with Crippen LogP contribution in [0.15, 0.2) is 41.3 Å². The maximum absolute atomic E-state index is 12.0. The summed E-state index contributed by atoms with van der Waals surface area (Å²) in [7, 11) is 1.37. The van der Waals surface area contributed by atoms with E-state index in [0.29, 0.717) is 12.2 Å². The molecule has 0 N–H and O–H groups in total. The van der Waals surface area contributed by atoms with Crippen LogP contribution >= 0.6 is 19.9 Å². The van der Waals surface area contributed by atoms with E-state index >= 15 is 0 Å². The molecule has 172 valence electrons. The Hall–Kier alpha value is -1.83. The van der Waals surface area contributed by atoms with Crippen molar-refractivity contribution >= 4 is 25.8 Å². The molecule has 4 heteroatoms. The van der Waals surface area contributed by atoms with Gasteiger partial charge in [0.05, 0.1) is 0 Å². The van der Waals surface area contributed by atoms with Gasteiger partial charge in [0.25, 0.3) is 0 Å². The fourth-order valence-electron chi connectivity index (χ4n) is 4.21. The summed E-state index contributed by atoms with van der Waals surface area (Å²) in [6.45, 7) is 8.84. The van der Waals surface area contributed by atoms with Crippen LogP contribution in [0.2, 0.25) is 0 Å². The number of carbonyl (C=O) groups excluding carboxylic acids is 1. The zero-order valence-electron chi connectivity index (χ0n) is 20.0. The van der Waals surface area contributed by atoms with Gasteiger partial charge < -0.3 is 4.74 Å². The first-order valence-electron chi connectivity index (χ1n) is 12.0. The van der Waals surface area contributed by atoms with Crippen molar-refractivity contribution in [3.8, 4) is 17.6 Å². The summed E-state index contributed by atoms with van der Waals surface area (Å²) in [6.07, 6.45) is 5.69. The van der Waals surface area contributed by atoms with Gasteiger partial charge in [-0.2, -0.15) is 9.06 Å². The van der Waals surface area contributed by atoms with E-state index in [0.717, 1.165) is 30.4 Å². The third-order valence-corrected chi connectivity index (χ3v) is 13.5. The molecule has 0 amide bonds. The van der Waals surface area contributed by atoms with Crippen molar-refractivity contribution in [2.75, 3.05) is 17.3 Å². The second-order valence-corrected chi connectivity index (χ2v) is 14.6. The Morgan fingerprint density at radius 3 is 2.66 bits per heavy atom. The molecule has 2 nitrogen and oxygen atoms in total. The number of benzene rings is 2. The molecule has 1 heterocycles. The molecule has 0 aromatic heterocycles. The molecule has 1 atom stereocenters. The van der Waals surface area contributed by atoms with E-state index < -0.39 is 9.06 Å². The van der Waals surface area contributed by atoms with Crippen LogP contribution in [0.3, 0.4) is 0 Å². The van der Waals surface area contributed by atoms with Crippen LogP contribution in [0.5, 0.6) is 5.75 Å². The summed E-state index contributed by atoms with van der Waals surface area (Å²) >= 11 is 0. The predicted octanol–water partition coefficient (Wildman–Crippen LogP) is 7.54. The van der Waals surface area contributed by atoms with Gasteiger partial charge in [0, 0.05) is 22.4 Å². The van der Waals surface area contributed by atoms with Gasteiger partial charge in [0.15, 0.2) is 0 Å². The Bertz CT molecular complexity index is 1000. The van der Waals surface area contributed by atoms with Crippen LogP contribution in [0.25, 0.3) is 0 Å². The molecule has 1 aliphatic heterocycles. The van der Waals surface area contributed by atoms with Crippen LogP contribution in [-0.4, -0.2) is 23.2 Å². The molecule has 0 spiro atoms. The summed E-state index contributed by atoms with van der Waals surface area (Å²) in [4.78, 5) is 13.6. The molecule has 2 aromatic carbocycles. The fraction of sp³-hybridized carbons (Fsp3) is 0.464. The number of ether oxygens (including phenoxy) is 1. The number of carbonyl (C=O) groups is 1. The molecule has 0 bridgehead atoms. The Labute approximate surface area is 199 Å². The van der Waals surface area contributed by atoms with Gasteiger partial charge in [-0.15, -0.1) is 10.8 Å². The SMILES string of the molecule is CCCCC(=O)Oc1ccc(CC)c(C#Cc2ccc3c(c2)S(CC)(SCC)CCC3)c1. The van der Waals surface area contributed by atoms with Gasteiger partial charge in [-0.25, -0.2) is 0 Å². The largest absolute Gasteiger partial charge is 0.426 e. The number of aryl methyl sites for hydroxylation is 2. The highest BCUT2D eigenvalue weighted by Crippen LogP contribution is 2.68. The van der Waals surface area contributed by atoms with Crippen molar-refractivity contribution in [2.24, 2.45) is 0 Å². The molecule has 0 saturated heterocycles. The number of rotatable bonds is 8. The molecule has 32 heavy (non-hydrogen) atoms. The maximum atomic E-state index is 12.0. The lowest BCUT2D eigenvalue weighted by Crippen LogP contribution is -2.14. The molecule has 1 unspecified atom stereocenters. The van der Waals surface area contributed by atoms with E-state index in [1.165, 1.54) is 41.2 Å². The molecule has 1 aliphatic rings. The maximum Gasteiger partial charge on any atom is 0.311 e. The van der Waals surface area contributed by atoms with Crippen LogP contribution in [0.1, 0.15) is 75.6 Å². The Balaban J connectivity index is 1.90. The topological polar surface area (TPSA) is 26.3 Å². The van der Waals surface area contributed by atoms with E-state index in [4.69, 9.17) is 4.74 Å². The predicted molar refractivity (Wildman–Crippen MR) is 141 cm³/mol. The van der Waals surface area contributed by atoms with Crippen LogP contribution in [0.4, 0.5) is 0 Å². The molecule has 0 radical (unpaired) electrons. The third-order valence-electron chi connectivity index (χ3n) is 5.97. The molecule has 2 aromatic rings. The minimum absolute atomic E-state index is 0.169. The van der Waals surface area contributed by atoms with Crippen LogP contribution in [0, 0.1) is 11.8 Å². The number of unbranched alkanes of at least 4 members (excludes halogenated alkanes) is 1. The standard InChI is InChI=1S/C28H36O2S2/c1-5-9-12-28(29)30-26-18-17-23(6-2)25(21-26)16-14-22-13-15-24-11-10-19-32(8-4,31-7-3)27(24)20-22/h13,15,17-18,20-21H,5-12,19H2,1-4H3. The van der Waals surface area contributed by atoms with Crippen molar-refractivity contribution in [2.45, 2.75) is 71.1 Å². The fourth-order valence-corrected chi connectivity index (χ4v) is 10.9. The number of hydrogen-bond acceptors (Lipinski definition) is 3. The van der Waals surface area contributed by atoms with E-state index in [1.807, 2.05) is 18.2 Å². The lowest BCUT2D eigenvalue weighted by atomic mass is 10.0. The first-order valence-corrected chi connectivity index (χ1v) is 15.4. The summed E-state index contributed by atoms with van der Waals surface area (Å²) < 4.78 is 5.55. The highest BCUT2D eigenvalue weighted by atomic mass is 33.2. The molecular formula is C28H36O2S2. The van der Waals surface area contributed by atoms with Crippen molar-refractivity contribution in [1.29, 1.82) is 0 Å². The number of hydrogen-bond donors (Lipinski definition) is 0. The van der Waals surface area contributed by atoms with Gasteiger partial charge in [-0.1, -0.05) is 58.1 Å². The normalized spacial score (nSPS) is 19.2. The number of fused-ring (bicyclic) bond motifs is 1. The Morgan fingerprint density at radius 2 is 1.94 bits per heavy atom. The monoisotopic (exact) mass is 468 g/mol. The zero-order chi connectivity index (χ0) is 23.0. The summed E-state index contributed by atoms with van der Waals surface area (Å²) in [6, 6.07) is 12.7. The van der Waals surface area contributed by atoms with Crippen LogP contribution < -0.4 is 4.74 Å². The first kappa shape index (κ1) is 24.8. The smallest absolute Gasteiger partial charge is 0.311 e. The van der Waals surface area contributed by atoms with E-state index in [1.54, 1.807) is 4.90 Å². The molecule has 0 aliphatic carbocycles. The summed E-state index contributed by atoms with van der Waals surface area (Å²) in [5, 5.41) is 0. The molecular weight excluding hydrogens is 432 g/mol. The summed E-state index contributed by atoms with van der Waals surface area (Å²) in [5.41, 5.74) is 4.73. The second-order valence-electron chi connectivity index (χ2n) is 8.14. The molecule has 3 rings (SSSR count). The lowest BCUT2D eigenvalue weighted by molar-refractivity contribution is -0.134. The summed E-state index contributed by atoms with van der Waals surface area (Å²) in [5.74, 6) is 11.0. The Morgan fingerprint density at radius 1 is 1.09 bits per heavy atom. The van der Waals surface area contributed by atoms with Crippen molar-refractivity contribution in [3.05, 3.63) is 58.7 Å². The zero-order valence-corrected chi connectivity index (χ0v) is 21.6. The van der Waals surface area contributed by atoms with Crippen molar-refractivity contribution in [3.63, 3.8) is 0 Å². The van der Waals surface area contributed by atoms with Gasteiger partial charge in [0.1, 0.15) is 5.75 Å². The lowest BCUT2D eigenvalue weighted by Gasteiger charge is -2.43. The quantitative estimate of drug-likeness (QED) is 0.173.